The van der Waals surface area contributed by atoms with Gasteiger partial charge in [-0.2, -0.15) is 5.10 Å². The van der Waals surface area contributed by atoms with Gasteiger partial charge in [0.05, 0.1) is 18.3 Å². The molecule has 0 bridgehead atoms. The molecule has 1 aromatic carbocycles. The van der Waals surface area contributed by atoms with Crippen LogP contribution in [0.4, 0.5) is 0 Å². The number of nitrogens with zero attached hydrogens (tertiary/aromatic N) is 2. The van der Waals surface area contributed by atoms with Gasteiger partial charge in [0.1, 0.15) is 5.75 Å². The number of carbonyl (C=O) groups excluding carboxylic acids is 1. The number of aliphatic carboxylic acids is 1. The fourth-order valence-electron chi connectivity index (χ4n) is 2.10. The molecule has 6 nitrogen and oxygen atoms in total. The third-order valence-corrected chi connectivity index (χ3v) is 3.60. The second kappa shape index (κ2) is 6.86. The smallest absolute Gasteiger partial charge is 0.347 e. The molecule has 0 amide bonds. The molecular weight excluding hydrogens is 308 g/mol. The van der Waals surface area contributed by atoms with E-state index in [9.17, 15) is 9.59 Å². The van der Waals surface area contributed by atoms with Crippen molar-refractivity contribution < 1.29 is 19.4 Å². The number of hydrogen-bond acceptors (Lipinski definition) is 4. The molecule has 24 heavy (non-hydrogen) atoms. The molecule has 0 aliphatic rings. The van der Waals surface area contributed by atoms with Crippen molar-refractivity contribution in [3.8, 4) is 5.75 Å². The highest BCUT2D eigenvalue weighted by atomic mass is 16.5. The van der Waals surface area contributed by atoms with Gasteiger partial charge in [-0.05, 0) is 31.5 Å². The van der Waals surface area contributed by atoms with Crippen LogP contribution >= 0.6 is 0 Å². The molecule has 2 aromatic rings. The monoisotopic (exact) mass is 330 g/mol. The number of hydrogen-bond donors (Lipinski definition) is 1. The third kappa shape index (κ3) is 4.22. The molecule has 0 atom stereocenters. The molecule has 0 spiro atoms. The lowest BCUT2D eigenvalue weighted by molar-refractivity contribution is -0.152. The molecule has 0 unspecified atom stereocenters. The summed E-state index contributed by atoms with van der Waals surface area (Å²) in [7, 11) is 0. The number of rotatable bonds is 7. The SMILES string of the molecule is CC(C)C(=O)c1cnn(Cc2ccc(OC(C)(C)C(=O)O)cc2)c1. The molecular formula is C18H22N2O4. The summed E-state index contributed by atoms with van der Waals surface area (Å²) < 4.78 is 7.16. The minimum atomic E-state index is -1.28. The van der Waals surface area contributed by atoms with Crippen molar-refractivity contribution in [3.05, 3.63) is 47.8 Å². The van der Waals surface area contributed by atoms with E-state index in [1.165, 1.54) is 13.8 Å². The third-order valence-electron chi connectivity index (χ3n) is 3.60. The normalized spacial score (nSPS) is 11.5. The standard InChI is InChI=1S/C18H22N2O4/c1-12(2)16(21)14-9-19-20(11-14)10-13-5-7-15(8-6-13)24-18(3,4)17(22)23/h5-9,11-12H,10H2,1-4H3,(H,22,23). The lowest BCUT2D eigenvalue weighted by Gasteiger charge is -2.21. The van der Waals surface area contributed by atoms with E-state index in [2.05, 4.69) is 5.10 Å². The zero-order valence-electron chi connectivity index (χ0n) is 14.3. The number of benzene rings is 1. The maximum atomic E-state index is 11.9. The summed E-state index contributed by atoms with van der Waals surface area (Å²) >= 11 is 0. The van der Waals surface area contributed by atoms with Gasteiger partial charge in [-0.1, -0.05) is 26.0 Å². The van der Waals surface area contributed by atoms with E-state index in [1.54, 1.807) is 29.2 Å². The van der Waals surface area contributed by atoms with Crippen LogP contribution in [0.5, 0.6) is 5.75 Å². The summed E-state index contributed by atoms with van der Waals surface area (Å²) in [6.45, 7) is 7.24. The molecule has 6 heteroatoms. The van der Waals surface area contributed by atoms with Crippen molar-refractivity contribution in [2.24, 2.45) is 5.92 Å². The number of carboxylic acid groups (broad SMARTS) is 1. The van der Waals surface area contributed by atoms with E-state index in [0.717, 1.165) is 5.56 Å². The van der Waals surface area contributed by atoms with Crippen molar-refractivity contribution in [1.82, 2.24) is 9.78 Å². The van der Waals surface area contributed by atoms with Gasteiger partial charge in [-0.25, -0.2) is 4.79 Å². The quantitative estimate of drug-likeness (QED) is 0.789. The van der Waals surface area contributed by atoms with Crippen LogP contribution < -0.4 is 4.74 Å². The van der Waals surface area contributed by atoms with Gasteiger partial charge in [0, 0.05) is 12.1 Å². The fourth-order valence-corrected chi connectivity index (χ4v) is 2.10. The van der Waals surface area contributed by atoms with Crippen LogP contribution in [-0.2, 0) is 11.3 Å². The highest BCUT2D eigenvalue weighted by molar-refractivity contribution is 5.96. The van der Waals surface area contributed by atoms with E-state index < -0.39 is 11.6 Å². The summed E-state index contributed by atoms with van der Waals surface area (Å²) in [6.07, 6.45) is 3.31. The van der Waals surface area contributed by atoms with Gasteiger partial charge in [-0.15, -0.1) is 0 Å². The number of ketones is 1. The van der Waals surface area contributed by atoms with Gasteiger partial charge < -0.3 is 9.84 Å². The van der Waals surface area contributed by atoms with E-state index in [-0.39, 0.29) is 11.7 Å². The Morgan fingerprint density at radius 2 is 1.88 bits per heavy atom. The summed E-state index contributed by atoms with van der Waals surface area (Å²) in [5, 5.41) is 13.3. The van der Waals surface area contributed by atoms with E-state index >= 15 is 0 Å². The Kier molecular flexibility index (Phi) is 5.07. The van der Waals surface area contributed by atoms with Crippen molar-refractivity contribution in [1.29, 1.82) is 0 Å². The average molecular weight is 330 g/mol. The van der Waals surface area contributed by atoms with Crippen molar-refractivity contribution in [3.63, 3.8) is 0 Å². The molecule has 0 aliphatic carbocycles. The number of aromatic nitrogens is 2. The molecule has 1 N–H and O–H groups in total. The van der Waals surface area contributed by atoms with Crippen LogP contribution in [0.15, 0.2) is 36.7 Å². The Labute approximate surface area is 141 Å². The van der Waals surface area contributed by atoms with Crippen molar-refractivity contribution in [2.45, 2.75) is 39.8 Å². The molecule has 2 rings (SSSR count). The first-order valence-corrected chi connectivity index (χ1v) is 7.77. The topological polar surface area (TPSA) is 81.4 Å². The maximum Gasteiger partial charge on any atom is 0.347 e. The minimum Gasteiger partial charge on any atom is -0.478 e. The highest BCUT2D eigenvalue weighted by Gasteiger charge is 2.29. The number of carbonyl (C=O) groups is 2. The second-order valence-electron chi connectivity index (χ2n) is 6.51. The Bertz CT molecular complexity index is 730. The molecule has 128 valence electrons. The predicted octanol–water partition coefficient (Wildman–Crippen LogP) is 3.01. The first-order valence-electron chi connectivity index (χ1n) is 7.77. The van der Waals surface area contributed by atoms with Crippen molar-refractivity contribution >= 4 is 11.8 Å². The van der Waals surface area contributed by atoms with E-state index in [1.807, 2.05) is 26.0 Å². The van der Waals surface area contributed by atoms with E-state index in [4.69, 9.17) is 9.84 Å². The summed E-state index contributed by atoms with van der Waals surface area (Å²) in [5.41, 5.74) is 0.297. The van der Waals surface area contributed by atoms with E-state index in [0.29, 0.717) is 17.9 Å². The first-order chi connectivity index (χ1) is 11.2. The van der Waals surface area contributed by atoms with Gasteiger partial charge in [0.25, 0.3) is 0 Å². The molecule has 1 aromatic heterocycles. The maximum absolute atomic E-state index is 11.9. The van der Waals surface area contributed by atoms with Crippen LogP contribution in [-0.4, -0.2) is 32.2 Å². The van der Waals surface area contributed by atoms with Gasteiger partial charge in [0.2, 0.25) is 0 Å². The molecule has 0 saturated carbocycles. The lowest BCUT2D eigenvalue weighted by Crippen LogP contribution is -2.37. The highest BCUT2D eigenvalue weighted by Crippen LogP contribution is 2.19. The second-order valence-corrected chi connectivity index (χ2v) is 6.51. The predicted molar refractivity (Wildman–Crippen MR) is 89.3 cm³/mol. The van der Waals surface area contributed by atoms with Crippen LogP contribution in [0, 0.1) is 5.92 Å². The Morgan fingerprint density at radius 1 is 1.25 bits per heavy atom. The number of carboxylic acids is 1. The van der Waals surface area contributed by atoms with Gasteiger partial charge in [0.15, 0.2) is 11.4 Å². The van der Waals surface area contributed by atoms with Crippen molar-refractivity contribution in [2.75, 3.05) is 0 Å². The minimum absolute atomic E-state index is 0.0586. The fraction of sp³-hybridized carbons (Fsp3) is 0.389. The molecule has 0 radical (unpaired) electrons. The van der Waals surface area contributed by atoms with Crippen LogP contribution in [0.25, 0.3) is 0 Å². The Morgan fingerprint density at radius 3 is 2.42 bits per heavy atom. The van der Waals surface area contributed by atoms with Gasteiger partial charge >= 0.3 is 5.97 Å². The molecule has 0 saturated heterocycles. The van der Waals surface area contributed by atoms with Crippen LogP contribution in [0.2, 0.25) is 0 Å². The average Bonchev–Trinajstić information content (AvgIpc) is 2.96. The number of ether oxygens (including phenoxy) is 1. The molecule has 0 fully saturated rings. The zero-order valence-corrected chi connectivity index (χ0v) is 14.3. The Balaban J connectivity index is 2.04. The summed E-state index contributed by atoms with van der Waals surface area (Å²) in [4.78, 5) is 23.0. The van der Waals surface area contributed by atoms with Crippen LogP contribution in [0.1, 0.15) is 43.6 Å². The Hall–Kier alpha value is -2.63. The van der Waals surface area contributed by atoms with Gasteiger partial charge in [-0.3, -0.25) is 9.48 Å². The summed E-state index contributed by atoms with van der Waals surface area (Å²) in [6, 6.07) is 7.14. The largest absolute Gasteiger partial charge is 0.478 e. The molecule has 1 heterocycles. The lowest BCUT2D eigenvalue weighted by atomic mass is 10.0. The summed E-state index contributed by atoms with van der Waals surface area (Å²) in [5.74, 6) is -0.523. The van der Waals surface area contributed by atoms with Crippen LogP contribution in [0.3, 0.4) is 0 Å². The molecule has 0 aliphatic heterocycles. The zero-order chi connectivity index (χ0) is 17.9. The number of Topliss-reactive ketones (excluding diaryl/α,β-unsaturated/α-hetero) is 1. The first kappa shape index (κ1) is 17.7.